The maximum atomic E-state index is 8.79. The molecule has 17 heavy (non-hydrogen) atoms. The molecule has 0 aliphatic rings. The molecule has 0 aliphatic carbocycles. The third kappa shape index (κ3) is 3.00. The van der Waals surface area contributed by atoms with Crippen LogP contribution in [0.3, 0.4) is 0 Å². The van der Waals surface area contributed by atoms with Crippen molar-refractivity contribution in [1.29, 1.82) is 5.26 Å². The van der Waals surface area contributed by atoms with Gasteiger partial charge in [-0.15, -0.1) is 0 Å². The quantitative estimate of drug-likeness (QED) is 0.801. The smallest absolute Gasteiger partial charge is 0.141 e. The molecular weight excluding hydrogens is 302 g/mol. The van der Waals surface area contributed by atoms with Crippen molar-refractivity contribution in [3.05, 3.63) is 57.5 Å². The van der Waals surface area contributed by atoms with Gasteiger partial charge in [-0.1, -0.05) is 17.7 Å². The second-order valence-corrected chi connectivity index (χ2v) is 4.61. The van der Waals surface area contributed by atoms with E-state index in [-0.39, 0.29) is 0 Å². The highest BCUT2D eigenvalue weighted by molar-refractivity contribution is 9.10. The first kappa shape index (κ1) is 12.0. The summed E-state index contributed by atoms with van der Waals surface area (Å²) in [6.45, 7) is 0. The zero-order chi connectivity index (χ0) is 12.3. The normalized spacial score (nSPS) is 9.71. The van der Waals surface area contributed by atoms with Gasteiger partial charge >= 0.3 is 0 Å². The molecule has 84 valence electrons. The minimum Gasteiger partial charge on any atom is -0.456 e. The standard InChI is InChI=1S/C13H7BrClNO/c14-12-7-10(15)4-5-13(12)17-11-3-1-2-9(6-11)8-16/h1-7H. The van der Waals surface area contributed by atoms with Crippen molar-refractivity contribution < 1.29 is 4.74 Å². The van der Waals surface area contributed by atoms with Gasteiger partial charge in [0.05, 0.1) is 16.1 Å². The van der Waals surface area contributed by atoms with E-state index < -0.39 is 0 Å². The topological polar surface area (TPSA) is 33.0 Å². The summed E-state index contributed by atoms with van der Waals surface area (Å²) in [5.74, 6) is 1.27. The summed E-state index contributed by atoms with van der Waals surface area (Å²) >= 11 is 9.20. The van der Waals surface area contributed by atoms with Crippen LogP contribution >= 0.6 is 27.5 Å². The van der Waals surface area contributed by atoms with Gasteiger partial charge in [0.1, 0.15) is 11.5 Å². The van der Waals surface area contributed by atoms with E-state index in [0.29, 0.717) is 22.1 Å². The molecule has 0 bridgehead atoms. The molecule has 0 aromatic heterocycles. The van der Waals surface area contributed by atoms with E-state index in [9.17, 15) is 0 Å². The number of hydrogen-bond acceptors (Lipinski definition) is 2. The van der Waals surface area contributed by atoms with E-state index in [1.165, 1.54) is 0 Å². The van der Waals surface area contributed by atoms with Crippen LogP contribution < -0.4 is 4.74 Å². The van der Waals surface area contributed by atoms with E-state index in [1.54, 1.807) is 42.5 Å². The van der Waals surface area contributed by atoms with E-state index in [1.807, 2.05) is 0 Å². The molecule has 2 aromatic carbocycles. The third-order valence-corrected chi connectivity index (χ3v) is 2.94. The molecule has 0 heterocycles. The van der Waals surface area contributed by atoms with Gasteiger partial charge in [0, 0.05) is 5.02 Å². The van der Waals surface area contributed by atoms with Gasteiger partial charge in [0.15, 0.2) is 0 Å². The number of halogens is 2. The number of hydrogen-bond donors (Lipinski definition) is 0. The molecule has 0 spiro atoms. The summed E-state index contributed by atoms with van der Waals surface area (Å²) in [5.41, 5.74) is 0.563. The second-order valence-electron chi connectivity index (χ2n) is 3.32. The van der Waals surface area contributed by atoms with Gasteiger partial charge < -0.3 is 4.74 Å². The highest BCUT2D eigenvalue weighted by Gasteiger charge is 2.04. The third-order valence-electron chi connectivity index (χ3n) is 2.08. The maximum absolute atomic E-state index is 8.79. The number of ether oxygens (including phenoxy) is 1. The lowest BCUT2D eigenvalue weighted by molar-refractivity contribution is 0.479. The van der Waals surface area contributed by atoms with Crippen LogP contribution in [0.2, 0.25) is 5.02 Å². The van der Waals surface area contributed by atoms with Crippen LogP contribution in [0.15, 0.2) is 46.9 Å². The molecule has 2 aromatic rings. The van der Waals surface area contributed by atoms with Gasteiger partial charge in [0.25, 0.3) is 0 Å². The molecule has 0 fully saturated rings. The second kappa shape index (κ2) is 5.22. The Morgan fingerprint density at radius 1 is 1.18 bits per heavy atom. The van der Waals surface area contributed by atoms with Crippen molar-refractivity contribution in [1.82, 2.24) is 0 Å². The first-order valence-corrected chi connectivity index (χ1v) is 5.99. The molecular formula is C13H7BrClNO. The Hall–Kier alpha value is -1.50. The van der Waals surface area contributed by atoms with Crippen LogP contribution in [0.25, 0.3) is 0 Å². The van der Waals surface area contributed by atoms with Gasteiger partial charge in [-0.3, -0.25) is 0 Å². The van der Waals surface area contributed by atoms with Crippen molar-refractivity contribution in [3.8, 4) is 17.6 Å². The fourth-order valence-corrected chi connectivity index (χ4v) is 2.08. The lowest BCUT2D eigenvalue weighted by Crippen LogP contribution is -1.86. The van der Waals surface area contributed by atoms with Crippen LogP contribution in [-0.2, 0) is 0 Å². The van der Waals surface area contributed by atoms with E-state index in [0.717, 1.165) is 4.47 Å². The lowest BCUT2D eigenvalue weighted by Gasteiger charge is -2.07. The van der Waals surface area contributed by atoms with Crippen LogP contribution in [0, 0.1) is 11.3 Å². The number of benzene rings is 2. The van der Waals surface area contributed by atoms with Gasteiger partial charge in [0.2, 0.25) is 0 Å². The Kier molecular flexibility index (Phi) is 3.68. The Morgan fingerprint density at radius 3 is 2.71 bits per heavy atom. The SMILES string of the molecule is N#Cc1cccc(Oc2ccc(Cl)cc2Br)c1. The Bertz CT molecular complexity index is 592. The van der Waals surface area contributed by atoms with Crippen LogP contribution in [0.1, 0.15) is 5.56 Å². The predicted molar refractivity (Wildman–Crippen MR) is 70.4 cm³/mol. The fourth-order valence-electron chi connectivity index (χ4n) is 1.31. The number of nitrogens with zero attached hydrogens (tertiary/aromatic N) is 1. The summed E-state index contributed by atoms with van der Waals surface area (Å²) < 4.78 is 6.42. The van der Waals surface area contributed by atoms with Crippen LogP contribution in [0.5, 0.6) is 11.5 Å². The highest BCUT2D eigenvalue weighted by Crippen LogP contribution is 2.31. The molecule has 2 rings (SSSR count). The molecule has 0 saturated heterocycles. The molecule has 0 atom stereocenters. The van der Waals surface area contributed by atoms with Crippen LogP contribution in [0.4, 0.5) is 0 Å². The zero-order valence-electron chi connectivity index (χ0n) is 8.65. The largest absolute Gasteiger partial charge is 0.456 e. The Labute approximate surface area is 113 Å². The molecule has 0 aliphatic heterocycles. The average Bonchev–Trinajstić information content (AvgIpc) is 2.33. The molecule has 4 heteroatoms. The monoisotopic (exact) mass is 307 g/mol. The lowest BCUT2D eigenvalue weighted by atomic mass is 10.2. The number of rotatable bonds is 2. The summed E-state index contributed by atoms with van der Waals surface area (Å²) in [6.07, 6.45) is 0. The van der Waals surface area contributed by atoms with Crippen molar-refractivity contribution in [2.24, 2.45) is 0 Å². The van der Waals surface area contributed by atoms with Crippen LogP contribution in [-0.4, -0.2) is 0 Å². The molecule has 0 amide bonds. The minimum atomic E-state index is 0.563. The first-order chi connectivity index (χ1) is 8.19. The Morgan fingerprint density at radius 2 is 2.00 bits per heavy atom. The summed E-state index contributed by atoms with van der Waals surface area (Å²) in [7, 11) is 0. The van der Waals surface area contributed by atoms with Crippen molar-refractivity contribution in [2.45, 2.75) is 0 Å². The van der Waals surface area contributed by atoms with E-state index in [2.05, 4.69) is 22.0 Å². The summed E-state index contributed by atoms with van der Waals surface area (Å²) in [4.78, 5) is 0. The molecule has 0 N–H and O–H groups in total. The van der Waals surface area contributed by atoms with Crippen molar-refractivity contribution in [3.63, 3.8) is 0 Å². The van der Waals surface area contributed by atoms with Crippen molar-refractivity contribution in [2.75, 3.05) is 0 Å². The molecule has 0 saturated carbocycles. The maximum Gasteiger partial charge on any atom is 0.141 e. The van der Waals surface area contributed by atoms with E-state index >= 15 is 0 Å². The fraction of sp³-hybridized carbons (Fsp3) is 0. The molecule has 2 nitrogen and oxygen atoms in total. The van der Waals surface area contributed by atoms with Crippen molar-refractivity contribution >= 4 is 27.5 Å². The predicted octanol–water partition coefficient (Wildman–Crippen LogP) is 4.77. The van der Waals surface area contributed by atoms with Gasteiger partial charge in [-0.25, -0.2) is 0 Å². The first-order valence-electron chi connectivity index (χ1n) is 4.82. The minimum absolute atomic E-state index is 0.563. The number of nitriles is 1. The highest BCUT2D eigenvalue weighted by atomic mass is 79.9. The Balaban J connectivity index is 2.28. The van der Waals surface area contributed by atoms with Gasteiger partial charge in [-0.05, 0) is 52.3 Å². The molecule has 0 unspecified atom stereocenters. The average molecular weight is 309 g/mol. The van der Waals surface area contributed by atoms with Gasteiger partial charge in [-0.2, -0.15) is 5.26 Å². The zero-order valence-corrected chi connectivity index (χ0v) is 11.0. The summed E-state index contributed by atoms with van der Waals surface area (Å²) in [6, 6.07) is 14.3. The molecule has 0 radical (unpaired) electrons. The summed E-state index contributed by atoms with van der Waals surface area (Å²) in [5, 5.41) is 9.42. The van der Waals surface area contributed by atoms with E-state index in [4.69, 9.17) is 21.6 Å².